The highest BCUT2D eigenvalue weighted by Gasteiger charge is 2.40. The third-order valence-electron chi connectivity index (χ3n) is 5.60. The molecule has 6 nitrogen and oxygen atoms in total. The van der Waals surface area contributed by atoms with Crippen molar-refractivity contribution in [3.05, 3.63) is 12.7 Å². The summed E-state index contributed by atoms with van der Waals surface area (Å²) in [5.74, 6) is 1.48. The maximum atomic E-state index is 11.6. The van der Waals surface area contributed by atoms with E-state index in [1.807, 2.05) is 0 Å². The van der Waals surface area contributed by atoms with Crippen molar-refractivity contribution in [1.29, 1.82) is 0 Å². The second-order valence-electron chi connectivity index (χ2n) is 7.70. The van der Waals surface area contributed by atoms with Gasteiger partial charge in [0.05, 0.1) is 17.1 Å². The van der Waals surface area contributed by atoms with E-state index in [-0.39, 0.29) is 17.3 Å². The molecule has 2 heterocycles. The van der Waals surface area contributed by atoms with Gasteiger partial charge >= 0.3 is 0 Å². The molecule has 142 valence electrons. The number of sulfone groups is 1. The van der Waals surface area contributed by atoms with E-state index in [0.29, 0.717) is 24.9 Å². The van der Waals surface area contributed by atoms with Crippen LogP contribution >= 0.6 is 0 Å². The number of guanidine groups is 1. The molecule has 0 amide bonds. The molecule has 1 aliphatic carbocycles. The summed E-state index contributed by atoms with van der Waals surface area (Å²) >= 11 is 0. The van der Waals surface area contributed by atoms with Crippen LogP contribution in [0.5, 0.6) is 0 Å². The van der Waals surface area contributed by atoms with Gasteiger partial charge in [-0.3, -0.25) is 4.99 Å². The van der Waals surface area contributed by atoms with E-state index in [0.717, 1.165) is 44.7 Å². The van der Waals surface area contributed by atoms with Crippen molar-refractivity contribution in [2.75, 3.05) is 31.2 Å². The largest absolute Gasteiger partial charge is 0.375 e. The van der Waals surface area contributed by atoms with Crippen LogP contribution in [0.15, 0.2) is 17.6 Å². The molecule has 3 rings (SSSR count). The van der Waals surface area contributed by atoms with Crippen molar-refractivity contribution < 1.29 is 13.2 Å². The van der Waals surface area contributed by atoms with Gasteiger partial charge in [0.1, 0.15) is 0 Å². The normalized spacial score (nSPS) is 31.1. The molecular weight excluding hydrogens is 338 g/mol. The molecule has 0 bridgehead atoms. The van der Waals surface area contributed by atoms with E-state index in [2.05, 4.69) is 22.2 Å². The summed E-state index contributed by atoms with van der Waals surface area (Å²) in [6, 6.07) is 0.357. The molecule has 25 heavy (non-hydrogen) atoms. The van der Waals surface area contributed by atoms with Gasteiger partial charge in [0, 0.05) is 25.7 Å². The van der Waals surface area contributed by atoms with Crippen molar-refractivity contribution in [2.45, 2.75) is 56.6 Å². The van der Waals surface area contributed by atoms with Gasteiger partial charge in [-0.25, -0.2) is 8.42 Å². The van der Waals surface area contributed by atoms with E-state index in [9.17, 15) is 8.42 Å². The zero-order valence-corrected chi connectivity index (χ0v) is 15.8. The van der Waals surface area contributed by atoms with Crippen molar-refractivity contribution in [1.82, 2.24) is 10.6 Å². The summed E-state index contributed by atoms with van der Waals surface area (Å²) in [6.45, 7) is 5.75. The molecule has 0 aromatic heterocycles. The molecule has 1 spiro atoms. The highest BCUT2D eigenvalue weighted by molar-refractivity contribution is 7.91. The minimum Gasteiger partial charge on any atom is -0.375 e. The lowest BCUT2D eigenvalue weighted by Crippen LogP contribution is -2.50. The second-order valence-corrected chi connectivity index (χ2v) is 9.93. The van der Waals surface area contributed by atoms with E-state index in [4.69, 9.17) is 4.74 Å². The Bertz CT molecular complexity index is 597. The molecule has 0 radical (unpaired) electrons. The van der Waals surface area contributed by atoms with E-state index >= 15 is 0 Å². The molecule has 2 saturated heterocycles. The first-order valence-corrected chi connectivity index (χ1v) is 11.3. The Morgan fingerprint density at radius 2 is 2.12 bits per heavy atom. The monoisotopic (exact) mass is 369 g/mol. The Balaban J connectivity index is 1.58. The van der Waals surface area contributed by atoms with Gasteiger partial charge in [-0.15, -0.1) is 6.58 Å². The van der Waals surface area contributed by atoms with Gasteiger partial charge in [0.15, 0.2) is 15.8 Å². The zero-order valence-electron chi connectivity index (χ0n) is 15.0. The molecule has 2 atom stereocenters. The van der Waals surface area contributed by atoms with Crippen LogP contribution in [0.2, 0.25) is 0 Å². The van der Waals surface area contributed by atoms with Gasteiger partial charge in [0.2, 0.25) is 0 Å². The third kappa shape index (κ3) is 5.20. The van der Waals surface area contributed by atoms with Crippen LogP contribution in [0.3, 0.4) is 0 Å². The Hall–Kier alpha value is -1.08. The predicted octanol–water partition coefficient (Wildman–Crippen LogP) is 1.63. The molecule has 2 N–H and O–H groups in total. The second kappa shape index (κ2) is 8.08. The number of nitrogens with zero attached hydrogens (tertiary/aromatic N) is 1. The summed E-state index contributed by atoms with van der Waals surface area (Å²) < 4.78 is 29.3. The van der Waals surface area contributed by atoms with Crippen LogP contribution in [-0.4, -0.2) is 57.2 Å². The highest BCUT2D eigenvalue weighted by Crippen LogP contribution is 2.39. The summed E-state index contributed by atoms with van der Waals surface area (Å²) in [5.41, 5.74) is 0.0684. The lowest BCUT2D eigenvalue weighted by molar-refractivity contribution is -0.0815. The fraction of sp³-hybridized carbons (Fsp3) is 0.833. The number of rotatable bonds is 5. The first-order chi connectivity index (χ1) is 12.0. The van der Waals surface area contributed by atoms with Crippen LogP contribution in [-0.2, 0) is 14.6 Å². The molecule has 2 aliphatic heterocycles. The molecule has 0 aromatic rings. The number of hydrogen-bond acceptors (Lipinski definition) is 4. The number of aliphatic imine (C=N–C) groups is 1. The van der Waals surface area contributed by atoms with Crippen LogP contribution in [0.4, 0.5) is 0 Å². The first kappa shape index (κ1) is 18.7. The predicted molar refractivity (Wildman–Crippen MR) is 101 cm³/mol. The standard InChI is InChI=1S/C18H31N3O3S/c1-2-9-19-17(20-13-15-6-11-25(22,23)14-15)21-16-5-10-24-18(12-16)7-3-4-8-18/h2,15-16H,1,3-14H2,(H2,19,20,21). The van der Waals surface area contributed by atoms with Gasteiger partial charge in [0.25, 0.3) is 0 Å². The number of ether oxygens (including phenoxy) is 1. The SMILES string of the molecule is C=CCNC(=NCC1CCS(=O)(=O)C1)NC1CCOC2(CCCC2)C1. The van der Waals surface area contributed by atoms with E-state index in [1.54, 1.807) is 6.08 Å². The number of hydrogen-bond donors (Lipinski definition) is 2. The zero-order chi connectivity index (χ0) is 17.8. The lowest BCUT2D eigenvalue weighted by atomic mass is 9.89. The Morgan fingerprint density at radius 1 is 1.32 bits per heavy atom. The quantitative estimate of drug-likeness (QED) is 0.437. The maximum Gasteiger partial charge on any atom is 0.191 e. The maximum absolute atomic E-state index is 11.6. The summed E-state index contributed by atoms with van der Waals surface area (Å²) in [4.78, 5) is 4.66. The minimum absolute atomic E-state index is 0.0684. The summed E-state index contributed by atoms with van der Waals surface area (Å²) in [6.07, 6.45) is 9.39. The first-order valence-electron chi connectivity index (χ1n) is 9.50. The Labute approximate surface area is 151 Å². The number of nitrogens with one attached hydrogen (secondary N) is 2. The van der Waals surface area contributed by atoms with Crippen molar-refractivity contribution >= 4 is 15.8 Å². The van der Waals surface area contributed by atoms with Gasteiger partial charge in [-0.1, -0.05) is 18.9 Å². The molecule has 1 saturated carbocycles. The van der Waals surface area contributed by atoms with Gasteiger partial charge < -0.3 is 15.4 Å². The minimum atomic E-state index is -2.85. The lowest BCUT2D eigenvalue weighted by Gasteiger charge is -2.39. The van der Waals surface area contributed by atoms with Crippen LogP contribution in [0.25, 0.3) is 0 Å². The average molecular weight is 370 g/mol. The third-order valence-corrected chi connectivity index (χ3v) is 7.43. The van der Waals surface area contributed by atoms with Crippen LogP contribution < -0.4 is 10.6 Å². The van der Waals surface area contributed by atoms with E-state index in [1.165, 1.54) is 12.8 Å². The molecular formula is C18H31N3O3S. The highest BCUT2D eigenvalue weighted by atomic mass is 32.2. The van der Waals surface area contributed by atoms with Crippen molar-refractivity contribution in [2.24, 2.45) is 10.9 Å². The Morgan fingerprint density at radius 3 is 2.80 bits per heavy atom. The molecule has 3 fully saturated rings. The van der Waals surface area contributed by atoms with Crippen molar-refractivity contribution in [3.8, 4) is 0 Å². The van der Waals surface area contributed by atoms with Crippen molar-refractivity contribution in [3.63, 3.8) is 0 Å². The molecule has 2 unspecified atom stereocenters. The Kier molecular flexibility index (Phi) is 6.04. The van der Waals surface area contributed by atoms with Crippen LogP contribution in [0, 0.1) is 5.92 Å². The average Bonchev–Trinajstić information content (AvgIpc) is 3.16. The van der Waals surface area contributed by atoms with Crippen LogP contribution in [0.1, 0.15) is 44.9 Å². The fourth-order valence-electron chi connectivity index (χ4n) is 4.27. The summed E-state index contributed by atoms with van der Waals surface area (Å²) in [5, 5.41) is 6.82. The molecule has 3 aliphatic rings. The topological polar surface area (TPSA) is 79.8 Å². The van der Waals surface area contributed by atoms with Gasteiger partial charge in [-0.05, 0) is 38.0 Å². The fourth-order valence-corrected chi connectivity index (χ4v) is 6.12. The smallest absolute Gasteiger partial charge is 0.191 e. The molecule has 0 aromatic carbocycles. The van der Waals surface area contributed by atoms with E-state index < -0.39 is 9.84 Å². The summed E-state index contributed by atoms with van der Waals surface area (Å²) in [7, 11) is -2.85. The molecule has 7 heteroatoms. The van der Waals surface area contributed by atoms with Gasteiger partial charge in [-0.2, -0.15) is 0 Å².